The van der Waals surface area contributed by atoms with E-state index in [1.807, 2.05) is 20.8 Å². The zero-order chi connectivity index (χ0) is 25.6. The lowest BCUT2D eigenvalue weighted by Crippen LogP contribution is -2.29. The SMILES string of the molecule is COC(=O)c1cccc(NC(=O)COC(=O)CCNS(=O)(=O)c2c(C)c(C)c(C)c(C)c2C)c1. The lowest BCUT2D eigenvalue weighted by atomic mass is 9.95. The Morgan fingerprint density at radius 3 is 2.09 bits per heavy atom. The summed E-state index contributed by atoms with van der Waals surface area (Å²) in [6.45, 7) is 8.51. The Hall–Kier alpha value is -3.24. The molecule has 0 atom stereocenters. The normalized spacial score (nSPS) is 11.1. The minimum Gasteiger partial charge on any atom is -0.465 e. The molecule has 0 heterocycles. The summed E-state index contributed by atoms with van der Waals surface area (Å²) >= 11 is 0. The summed E-state index contributed by atoms with van der Waals surface area (Å²) < 4.78 is 37.7. The number of nitrogens with one attached hydrogen (secondary N) is 2. The fourth-order valence-electron chi connectivity index (χ4n) is 3.49. The highest BCUT2D eigenvalue weighted by Gasteiger charge is 2.23. The zero-order valence-electron chi connectivity index (χ0n) is 20.2. The van der Waals surface area contributed by atoms with Crippen LogP contribution in [-0.4, -0.2) is 46.5 Å². The van der Waals surface area contributed by atoms with Crippen molar-refractivity contribution >= 4 is 33.6 Å². The number of sulfonamides is 1. The van der Waals surface area contributed by atoms with Gasteiger partial charge >= 0.3 is 11.9 Å². The number of carbonyl (C=O) groups excluding carboxylic acids is 3. The van der Waals surface area contributed by atoms with Crippen LogP contribution in [0.15, 0.2) is 29.2 Å². The molecule has 10 heteroatoms. The minimum absolute atomic E-state index is 0.172. The van der Waals surface area contributed by atoms with Gasteiger partial charge in [-0.2, -0.15) is 0 Å². The van der Waals surface area contributed by atoms with Gasteiger partial charge in [0.1, 0.15) is 0 Å². The van der Waals surface area contributed by atoms with E-state index < -0.39 is 34.5 Å². The Labute approximate surface area is 199 Å². The summed E-state index contributed by atoms with van der Waals surface area (Å²) in [5.74, 6) is -1.88. The Balaban J connectivity index is 1.90. The topological polar surface area (TPSA) is 128 Å². The third-order valence-corrected chi connectivity index (χ3v) is 7.49. The second-order valence-corrected chi connectivity index (χ2v) is 9.59. The van der Waals surface area contributed by atoms with Gasteiger partial charge < -0.3 is 14.8 Å². The van der Waals surface area contributed by atoms with Crippen molar-refractivity contribution in [3.63, 3.8) is 0 Å². The molecule has 9 nitrogen and oxygen atoms in total. The molecule has 0 aromatic heterocycles. The van der Waals surface area contributed by atoms with Crippen molar-refractivity contribution in [2.24, 2.45) is 0 Å². The van der Waals surface area contributed by atoms with Gasteiger partial charge in [0.2, 0.25) is 10.0 Å². The first-order valence-corrected chi connectivity index (χ1v) is 12.1. The van der Waals surface area contributed by atoms with E-state index in [1.165, 1.54) is 19.2 Å². The van der Waals surface area contributed by atoms with Crippen molar-refractivity contribution in [2.45, 2.75) is 45.9 Å². The number of rotatable bonds is 9. The van der Waals surface area contributed by atoms with Crippen LogP contribution >= 0.6 is 0 Å². The number of methoxy groups -OCH3 is 1. The fourth-order valence-corrected chi connectivity index (χ4v) is 5.11. The maximum Gasteiger partial charge on any atom is 0.337 e. The molecule has 0 saturated heterocycles. The van der Waals surface area contributed by atoms with Gasteiger partial charge in [0.15, 0.2) is 6.61 Å². The monoisotopic (exact) mass is 490 g/mol. The molecule has 34 heavy (non-hydrogen) atoms. The molecule has 0 aliphatic rings. The second-order valence-electron chi connectivity index (χ2n) is 7.88. The van der Waals surface area contributed by atoms with E-state index in [2.05, 4.69) is 14.8 Å². The fraction of sp³-hybridized carbons (Fsp3) is 0.375. The van der Waals surface area contributed by atoms with Crippen LogP contribution in [0, 0.1) is 34.6 Å². The number of amides is 1. The highest BCUT2D eigenvalue weighted by Crippen LogP contribution is 2.29. The number of anilines is 1. The Morgan fingerprint density at radius 2 is 1.50 bits per heavy atom. The summed E-state index contributed by atoms with van der Waals surface area (Å²) in [5, 5.41) is 2.51. The Morgan fingerprint density at radius 1 is 0.912 bits per heavy atom. The lowest BCUT2D eigenvalue weighted by Gasteiger charge is -2.19. The van der Waals surface area contributed by atoms with Gasteiger partial charge in [0.25, 0.3) is 5.91 Å². The molecule has 184 valence electrons. The Kier molecular flexibility index (Phi) is 8.94. The highest BCUT2D eigenvalue weighted by molar-refractivity contribution is 7.89. The van der Waals surface area contributed by atoms with Crippen LogP contribution < -0.4 is 10.0 Å². The van der Waals surface area contributed by atoms with Crippen molar-refractivity contribution in [2.75, 3.05) is 25.6 Å². The summed E-state index contributed by atoms with van der Waals surface area (Å²) in [5.41, 5.74) is 4.80. The summed E-state index contributed by atoms with van der Waals surface area (Å²) in [7, 11) is -2.59. The summed E-state index contributed by atoms with van der Waals surface area (Å²) in [6.07, 6.45) is -0.244. The molecule has 0 bridgehead atoms. The number of ether oxygens (including phenoxy) is 2. The molecule has 0 unspecified atom stereocenters. The standard InChI is InChI=1S/C24H30N2O7S/c1-14-15(2)17(4)23(18(5)16(14)3)34(30,31)25-11-10-22(28)33-13-21(27)26-20-9-7-8-19(12-20)24(29)32-6/h7-9,12,25H,10-11,13H2,1-6H3,(H,26,27). The van der Waals surface area contributed by atoms with Gasteiger partial charge in [0.05, 0.1) is 24.0 Å². The smallest absolute Gasteiger partial charge is 0.337 e. The molecular weight excluding hydrogens is 460 g/mol. The Bertz CT molecular complexity index is 1190. The largest absolute Gasteiger partial charge is 0.465 e. The molecule has 1 amide bonds. The third kappa shape index (κ3) is 6.42. The van der Waals surface area contributed by atoms with E-state index >= 15 is 0 Å². The molecule has 0 radical (unpaired) electrons. The predicted molar refractivity (Wildman–Crippen MR) is 127 cm³/mol. The lowest BCUT2D eigenvalue weighted by molar-refractivity contribution is -0.147. The van der Waals surface area contributed by atoms with Gasteiger partial charge in [0, 0.05) is 12.2 Å². The predicted octanol–water partition coefficient (Wildman–Crippen LogP) is 2.87. The van der Waals surface area contributed by atoms with Crippen molar-refractivity contribution in [3.05, 3.63) is 57.6 Å². The van der Waals surface area contributed by atoms with Crippen LogP contribution in [0.3, 0.4) is 0 Å². The van der Waals surface area contributed by atoms with Crippen LogP contribution in [-0.2, 0) is 29.1 Å². The van der Waals surface area contributed by atoms with E-state index in [1.54, 1.807) is 26.0 Å². The molecule has 0 saturated carbocycles. The number of benzene rings is 2. The van der Waals surface area contributed by atoms with Crippen LogP contribution in [0.5, 0.6) is 0 Å². The van der Waals surface area contributed by atoms with E-state index in [-0.39, 0.29) is 23.4 Å². The molecule has 0 fully saturated rings. The maximum absolute atomic E-state index is 12.9. The number of carbonyl (C=O) groups is 3. The minimum atomic E-state index is -3.84. The van der Waals surface area contributed by atoms with Gasteiger partial charge in [-0.1, -0.05) is 6.07 Å². The van der Waals surface area contributed by atoms with E-state index in [4.69, 9.17) is 4.74 Å². The van der Waals surface area contributed by atoms with Crippen molar-refractivity contribution in [3.8, 4) is 0 Å². The third-order valence-electron chi connectivity index (χ3n) is 5.75. The van der Waals surface area contributed by atoms with E-state index in [0.717, 1.165) is 16.7 Å². The van der Waals surface area contributed by atoms with E-state index in [9.17, 15) is 22.8 Å². The number of hydrogen-bond acceptors (Lipinski definition) is 7. The van der Waals surface area contributed by atoms with Crippen LogP contribution in [0.25, 0.3) is 0 Å². The first-order chi connectivity index (χ1) is 15.9. The first-order valence-electron chi connectivity index (χ1n) is 10.6. The molecule has 2 rings (SSSR count). The molecule has 2 aromatic carbocycles. The molecule has 0 spiro atoms. The van der Waals surface area contributed by atoms with Crippen molar-refractivity contribution < 1.29 is 32.3 Å². The van der Waals surface area contributed by atoms with Crippen molar-refractivity contribution in [1.29, 1.82) is 0 Å². The second kappa shape index (κ2) is 11.3. The molecule has 0 aliphatic carbocycles. The highest BCUT2D eigenvalue weighted by atomic mass is 32.2. The van der Waals surface area contributed by atoms with Crippen LogP contribution in [0.4, 0.5) is 5.69 Å². The maximum atomic E-state index is 12.9. The number of hydrogen-bond donors (Lipinski definition) is 2. The first kappa shape index (κ1) is 27.0. The molecular formula is C24H30N2O7S. The van der Waals surface area contributed by atoms with Gasteiger partial charge in [-0.3, -0.25) is 9.59 Å². The van der Waals surface area contributed by atoms with Crippen LogP contribution in [0.1, 0.15) is 44.6 Å². The van der Waals surface area contributed by atoms with Gasteiger partial charge in [-0.25, -0.2) is 17.9 Å². The van der Waals surface area contributed by atoms with Gasteiger partial charge in [-0.05, 0) is 80.6 Å². The molecule has 2 N–H and O–H groups in total. The average molecular weight is 491 g/mol. The van der Waals surface area contributed by atoms with Gasteiger partial charge in [-0.15, -0.1) is 0 Å². The zero-order valence-corrected chi connectivity index (χ0v) is 21.0. The van der Waals surface area contributed by atoms with Crippen LogP contribution in [0.2, 0.25) is 0 Å². The summed E-state index contributed by atoms with van der Waals surface area (Å²) in [4.78, 5) is 35.8. The molecule has 0 aliphatic heterocycles. The van der Waals surface area contributed by atoms with E-state index in [0.29, 0.717) is 16.8 Å². The average Bonchev–Trinajstić information content (AvgIpc) is 2.79. The molecule has 2 aromatic rings. The number of esters is 2. The van der Waals surface area contributed by atoms with Crippen molar-refractivity contribution in [1.82, 2.24) is 4.72 Å². The summed E-state index contributed by atoms with van der Waals surface area (Å²) in [6, 6.07) is 6.10. The quantitative estimate of drug-likeness (QED) is 0.517.